The molecule has 130 valence electrons. The van der Waals surface area contributed by atoms with Crippen molar-refractivity contribution in [1.82, 2.24) is 20.1 Å². The van der Waals surface area contributed by atoms with E-state index >= 15 is 0 Å². The first kappa shape index (κ1) is 17.5. The van der Waals surface area contributed by atoms with Crippen LogP contribution in [0.25, 0.3) is 0 Å². The summed E-state index contributed by atoms with van der Waals surface area (Å²) in [6, 6.07) is 4.48. The van der Waals surface area contributed by atoms with Crippen LogP contribution < -0.4 is 5.32 Å². The quantitative estimate of drug-likeness (QED) is 0.799. The van der Waals surface area contributed by atoms with Crippen molar-refractivity contribution in [2.24, 2.45) is 13.0 Å². The van der Waals surface area contributed by atoms with Gasteiger partial charge < -0.3 is 9.88 Å². The molecule has 2 atom stereocenters. The van der Waals surface area contributed by atoms with Gasteiger partial charge in [0.15, 0.2) is 5.16 Å². The Morgan fingerprint density at radius 3 is 3.00 bits per heavy atom. The van der Waals surface area contributed by atoms with Crippen LogP contribution in [0.15, 0.2) is 22.7 Å². The van der Waals surface area contributed by atoms with Crippen molar-refractivity contribution in [2.75, 3.05) is 5.75 Å². The minimum Gasteiger partial charge on any atom is -0.352 e. The SMILES string of the molecule is C[C@H]1CCCC[C@@H]1NC(=O)CSc1nnc(Cc2cccs2)n1C. The average Bonchev–Trinajstić information content (AvgIpc) is 3.19. The largest absolute Gasteiger partial charge is 0.352 e. The minimum atomic E-state index is 0.0987. The molecule has 0 aromatic carbocycles. The molecule has 0 saturated heterocycles. The van der Waals surface area contributed by atoms with Crippen LogP contribution >= 0.6 is 23.1 Å². The Labute approximate surface area is 151 Å². The number of hydrogen-bond acceptors (Lipinski definition) is 5. The lowest BCUT2D eigenvalue weighted by molar-refractivity contribution is -0.119. The molecule has 2 heterocycles. The summed E-state index contributed by atoms with van der Waals surface area (Å²) in [4.78, 5) is 13.5. The number of aromatic nitrogens is 3. The maximum atomic E-state index is 12.2. The third-order valence-corrected chi connectivity index (χ3v) is 6.52. The first-order chi connectivity index (χ1) is 11.6. The zero-order valence-electron chi connectivity index (χ0n) is 14.2. The van der Waals surface area contributed by atoms with Crippen molar-refractivity contribution in [3.63, 3.8) is 0 Å². The molecule has 0 bridgehead atoms. The molecule has 1 amide bonds. The lowest BCUT2D eigenvalue weighted by Crippen LogP contribution is -2.41. The summed E-state index contributed by atoms with van der Waals surface area (Å²) in [7, 11) is 1.96. The zero-order valence-corrected chi connectivity index (χ0v) is 15.8. The lowest BCUT2D eigenvalue weighted by atomic mass is 9.86. The topological polar surface area (TPSA) is 59.8 Å². The van der Waals surface area contributed by atoms with Gasteiger partial charge in [0, 0.05) is 24.4 Å². The molecule has 2 aromatic heterocycles. The van der Waals surface area contributed by atoms with E-state index in [9.17, 15) is 4.79 Å². The molecule has 0 radical (unpaired) electrons. The average molecular weight is 365 g/mol. The Kier molecular flexibility index (Phi) is 5.94. The van der Waals surface area contributed by atoms with Crippen molar-refractivity contribution < 1.29 is 4.79 Å². The molecule has 0 spiro atoms. The van der Waals surface area contributed by atoms with Crippen molar-refractivity contribution in [1.29, 1.82) is 0 Å². The number of nitrogens with one attached hydrogen (secondary N) is 1. The normalized spacial score (nSPS) is 20.9. The van der Waals surface area contributed by atoms with Gasteiger partial charge in [-0.25, -0.2) is 0 Å². The first-order valence-electron chi connectivity index (χ1n) is 8.46. The predicted octanol–water partition coefficient (Wildman–Crippen LogP) is 3.25. The number of amides is 1. The van der Waals surface area contributed by atoms with E-state index < -0.39 is 0 Å². The van der Waals surface area contributed by atoms with E-state index in [0.29, 0.717) is 17.7 Å². The van der Waals surface area contributed by atoms with Crippen LogP contribution in [0.2, 0.25) is 0 Å². The van der Waals surface area contributed by atoms with E-state index in [0.717, 1.165) is 23.8 Å². The Morgan fingerprint density at radius 2 is 2.25 bits per heavy atom. The number of carbonyl (C=O) groups is 1. The highest BCUT2D eigenvalue weighted by atomic mass is 32.2. The molecule has 1 aliphatic rings. The molecule has 1 saturated carbocycles. The van der Waals surface area contributed by atoms with Crippen molar-refractivity contribution in [2.45, 2.75) is 50.2 Å². The highest BCUT2D eigenvalue weighted by Gasteiger charge is 2.23. The number of nitrogens with zero attached hydrogens (tertiary/aromatic N) is 3. The van der Waals surface area contributed by atoms with Crippen LogP contribution in [-0.2, 0) is 18.3 Å². The number of thiophene rings is 1. The standard InChI is InChI=1S/C17H24N4OS2/c1-12-6-3-4-8-14(12)18-16(22)11-24-17-20-19-15(21(17)2)10-13-7-5-9-23-13/h5,7,9,12,14H,3-4,6,8,10-11H2,1-2H3,(H,18,22)/t12-,14-/m0/s1. The van der Waals surface area contributed by atoms with Crippen LogP contribution in [0.1, 0.15) is 43.3 Å². The molecule has 2 aromatic rings. The van der Waals surface area contributed by atoms with E-state index in [4.69, 9.17) is 0 Å². The van der Waals surface area contributed by atoms with E-state index in [1.54, 1.807) is 11.3 Å². The van der Waals surface area contributed by atoms with Crippen LogP contribution in [0.4, 0.5) is 0 Å². The fourth-order valence-electron chi connectivity index (χ4n) is 3.10. The van der Waals surface area contributed by atoms with E-state index in [1.807, 2.05) is 17.7 Å². The number of thioether (sulfide) groups is 1. The molecule has 5 nitrogen and oxygen atoms in total. The summed E-state index contributed by atoms with van der Waals surface area (Å²) in [5.41, 5.74) is 0. The van der Waals surface area contributed by atoms with Gasteiger partial charge in [0.2, 0.25) is 5.91 Å². The summed E-state index contributed by atoms with van der Waals surface area (Å²) in [5, 5.41) is 14.5. The molecule has 1 fully saturated rings. The Hall–Kier alpha value is -1.34. The van der Waals surface area contributed by atoms with E-state index in [2.05, 4.69) is 33.9 Å². The van der Waals surface area contributed by atoms with Gasteiger partial charge in [-0.05, 0) is 30.2 Å². The van der Waals surface area contributed by atoms with Gasteiger partial charge in [-0.3, -0.25) is 4.79 Å². The molecule has 0 aliphatic heterocycles. The highest BCUT2D eigenvalue weighted by Crippen LogP contribution is 2.24. The van der Waals surface area contributed by atoms with Gasteiger partial charge in [0.1, 0.15) is 5.82 Å². The molecular formula is C17H24N4OS2. The van der Waals surface area contributed by atoms with Gasteiger partial charge in [0.25, 0.3) is 0 Å². The fourth-order valence-corrected chi connectivity index (χ4v) is 4.55. The predicted molar refractivity (Wildman–Crippen MR) is 98.4 cm³/mol. The Morgan fingerprint density at radius 1 is 1.42 bits per heavy atom. The molecule has 24 heavy (non-hydrogen) atoms. The van der Waals surface area contributed by atoms with E-state index in [-0.39, 0.29) is 5.91 Å². The molecule has 1 aliphatic carbocycles. The second kappa shape index (κ2) is 8.16. The second-order valence-corrected chi connectivity index (χ2v) is 8.41. The summed E-state index contributed by atoms with van der Waals surface area (Å²) >= 11 is 3.18. The minimum absolute atomic E-state index is 0.0987. The second-order valence-electron chi connectivity index (χ2n) is 6.44. The third-order valence-electron chi connectivity index (χ3n) is 4.63. The number of rotatable bonds is 6. The Bertz CT molecular complexity index is 668. The molecule has 1 N–H and O–H groups in total. The maximum absolute atomic E-state index is 12.2. The van der Waals surface area contributed by atoms with E-state index in [1.165, 1.54) is 35.9 Å². The van der Waals surface area contributed by atoms with Crippen molar-refractivity contribution in [3.05, 3.63) is 28.2 Å². The number of hydrogen-bond donors (Lipinski definition) is 1. The first-order valence-corrected chi connectivity index (χ1v) is 10.3. The van der Waals surface area contributed by atoms with Crippen LogP contribution in [-0.4, -0.2) is 32.5 Å². The monoisotopic (exact) mass is 364 g/mol. The van der Waals surface area contributed by atoms with Gasteiger partial charge >= 0.3 is 0 Å². The van der Waals surface area contributed by atoms with Crippen LogP contribution in [0, 0.1) is 5.92 Å². The molecule has 0 unspecified atom stereocenters. The van der Waals surface area contributed by atoms with Gasteiger partial charge in [-0.15, -0.1) is 21.5 Å². The summed E-state index contributed by atoms with van der Waals surface area (Å²) in [6.07, 6.45) is 5.61. The smallest absolute Gasteiger partial charge is 0.230 e. The zero-order chi connectivity index (χ0) is 16.9. The summed E-state index contributed by atoms with van der Waals surface area (Å²) < 4.78 is 1.99. The molecule has 3 rings (SSSR count). The van der Waals surface area contributed by atoms with Gasteiger partial charge in [0.05, 0.1) is 5.75 Å². The van der Waals surface area contributed by atoms with Gasteiger partial charge in [-0.2, -0.15) is 0 Å². The van der Waals surface area contributed by atoms with Gasteiger partial charge in [-0.1, -0.05) is 37.6 Å². The van der Waals surface area contributed by atoms with Crippen LogP contribution in [0.5, 0.6) is 0 Å². The highest BCUT2D eigenvalue weighted by molar-refractivity contribution is 7.99. The number of carbonyl (C=O) groups excluding carboxylic acids is 1. The molecular weight excluding hydrogens is 340 g/mol. The maximum Gasteiger partial charge on any atom is 0.230 e. The lowest BCUT2D eigenvalue weighted by Gasteiger charge is -2.29. The van der Waals surface area contributed by atoms with Crippen molar-refractivity contribution in [3.8, 4) is 0 Å². The third kappa shape index (κ3) is 4.39. The van der Waals surface area contributed by atoms with Crippen LogP contribution in [0.3, 0.4) is 0 Å². The van der Waals surface area contributed by atoms with Crippen molar-refractivity contribution >= 4 is 29.0 Å². The summed E-state index contributed by atoms with van der Waals surface area (Å²) in [6.45, 7) is 2.23. The molecule has 7 heteroatoms. The fraction of sp³-hybridized carbons (Fsp3) is 0.588. The Balaban J connectivity index is 1.51. The summed E-state index contributed by atoms with van der Waals surface area (Å²) in [5.74, 6) is 2.01.